The molecule has 2 fully saturated rings. The van der Waals surface area contributed by atoms with Gasteiger partial charge in [-0.1, -0.05) is 0 Å². The van der Waals surface area contributed by atoms with Gasteiger partial charge in [0.25, 0.3) is 5.91 Å². The molecule has 150 valence electrons. The van der Waals surface area contributed by atoms with Crippen LogP contribution in [0.2, 0.25) is 0 Å². The average molecular weight is 404 g/mol. The summed E-state index contributed by atoms with van der Waals surface area (Å²) in [5.41, 5.74) is 0.574. The summed E-state index contributed by atoms with van der Waals surface area (Å²) < 4.78 is 10.7. The van der Waals surface area contributed by atoms with Gasteiger partial charge in [-0.15, -0.1) is 0 Å². The number of amides is 2. The van der Waals surface area contributed by atoms with Gasteiger partial charge < -0.3 is 14.8 Å². The second-order valence-corrected chi connectivity index (χ2v) is 6.77. The van der Waals surface area contributed by atoms with Gasteiger partial charge in [-0.05, 0) is 43.4 Å². The lowest BCUT2D eigenvalue weighted by molar-refractivity contribution is -0.130. The molecule has 8 nitrogen and oxygen atoms in total. The molecule has 2 aliphatic heterocycles. The van der Waals surface area contributed by atoms with E-state index in [2.05, 4.69) is 15.2 Å². The predicted octanol–water partition coefficient (Wildman–Crippen LogP) is 0.852. The lowest BCUT2D eigenvalue weighted by atomic mass is 10.1. The Balaban J connectivity index is 1.64. The van der Waals surface area contributed by atoms with Crippen molar-refractivity contribution in [1.29, 1.82) is 0 Å². The number of hydrogen-bond acceptors (Lipinski definition) is 7. The summed E-state index contributed by atoms with van der Waals surface area (Å²) in [6, 6.07) is 6.99. The van der Waals surface area contributed by atoms with Crippen LogP contribution < -0.4 is 15.0 Å². The van der Waals surface area contributed by atoms with Gasteiger partial charge in [0.05, 0.1) is 32.1 Å². The highest BCUT2D eigenvalue weighted by Crippen LogP contribution is 2.23. The molecule has 0 saturated carbocycles. The van der Waals surface area contributed by atoms with Crippen molar-refractivity contribution in [3.63, 3.8) is 0 Å². The van der Waals surface area contributed by atoms with E-state index in [-0.39, 0.29) is 5.11 Å². The monoisotopic (exact) mass is 404 g/mol. The smallest absolute Gasteiger partial charge is 0.251 e. The van der Waals surface area contributed by atoms with Gasteiger partial charge in [0.1, 0.15) is 5.75 Å². The van der Waals surface area contributed by atoms with Crippen molar-refractivity contribution in [2.24, 2.45) is 10.9 Å². The van der Waals surface area contributed by atoms with E-state index in [0.29, 0.717) is 24.6 Å². The average Bonchev–Trinajstić information content (AvgIpc) is 2.69. The van der Waals surface area contributed by atoms with Gasteiger partial charge in [0.15, 0.2) is 11.0 Å². The molecule has 0 spiro atoms. The molecule has 0 aromatic heterocycles. The third-order valence-corrected chi connectivity index (χ3v) is 4.80. The first-order valence-corrected chi connectivity index (χ1v) is 9.72. The van der Waals surface area contributed by atoms with Crippen LogP contribution in [0.4, 0.5) is 5.69 Å². The Morgan fingerprint density at radius 3 is 2.68 bits per heavy atom. The third kappa shape index (κ3) is 4.92. The predicted molar refractivity (Wildman–Crippen MR) is 110 cm³/mol. The first-order valence-electron chi connectivity index (χ1n) is 9.32. The van der Waals surface area contributed by atoms with Crippen LogP contribution in [0.15, 0.2) is 29.3 Å². The molecule has 0 aliphatic carbocycles. The van der Waals surface area contributed by atoms with Crippen molar-refractivity contribution < 1.29 is 19.1 Å². The van der Waals surface area contributed by atoms with Crippen molar-refractivity contribution in [3.05, 3.63) is 24.3 Å². The van der Waals surface area contributed by atoms with Crippen molar-refractivity contribution in [2.75, 3.05) is 50.9 Å². The Labute approximate surface area is 169 Å². The molecule has 0 radical (unpaired) electrons. The highest BCUT2D eigenvalue weighted by molar-refractivity contribution is 7.80. The molecule has 2 saturated heterocycles. The fourth-order valence-corrected chi connectivity index (χ4v) is 3.32. The number of anilines is 1. The largest absolute Gasteiger partial charge is 0.494 e. The zero-order valence-electron chi connectivity index (χ0n) is 15.8. The van der Waals surface area contributed by atoms with Crippen LogP contribution in [0, 0.1) is 5.92 Å². The molecule has 3 rings (SSSR count). The van der Waals surface area contributed by atoms with Crippen LogP contribution in [0.25, 0.3) is 0 Å². The molecule has 1 aromatic carbocycles. The van der Waals surface area contributed by atoms with E-state index >= 15 is 0 Å². The van der Waals surface area contributed by atoms with Gasteiger partial charge >= 0.3 is 0 Å². The maximum absolute atomic E-state index is 12.9. The summed E-state index contributed by atoms with van der Waals surface area (Å²) in [7, 11) is 0. The highest BCUT2D eigenvalue weighted by atomic mass is 32.1. The molecule has 1 N–H and O–H groups in total. The van der Waals surface area contributed by atoms with Gasteiger partial charge in [0, 0.05) is 25.8 Å². The van der Waals surface area contributed by atoms with Crippen molar-refractivity contribution in [3.8, 4) is 5.75 Å². The minimum absolute atomic E-state index is 0.0668. The fraction of sp³-hybridized carbons (Fsp3) is 0.474. The number of ether oxygens (including phenoxy) is 2. The molecule has 2 aliphatic rings. The summed E-state index contributed by atoms with van der Waals surface area (Å²) in [5, 5.41) is 2.65. The minimum Gasteiger partial charge on any atom is -0.494 e. The molecule has 2 amide bonds. The lowest BCUT2D eigenvalue weighted by Gasteiger charge is -2.31. The molecular weight excluding hydrogens is 380 g/mol. The molecular formula is C19H24N4O4S. The van der Waals surface area contributed by atoms with Crippen LogP contribution in [0.1, 0.15) is 6.92 Å². The summed E-state index contributed by atoms with van der Waals surface area (Å²) in [5.74, 6) is -1.16. The van der Waals surface area contributed by atoms with Gasteiger partial charge in [-0.25, -0.2) is 0 Å². The van der Waals surface area contributed by atoms with E-state index < -0.39 is 17.7 Å². The molecule has 0 unspecified atom stereocenters. The standard InChI is InChI=1S/C19H24N4O4S/c1-2-27-15-5-3-14(4-6-15)23-18(25)16(17(24)21-19(23)28)13-20-7-8-22-9-11-26-12-10-22/h3-6,13,16H,2,7-12H2,1H3,(H,21,24,28)/t16-/m0/s1. The number of thiocarbonyl (C=S) groups is 1. The van der Waals surface area contributed by atoms with Crippen molar-refractivity contribution in [2.45, 2.75) is 6.92 Å². The van der Waals surface area contributed by atoms with Crippen molar-refractivity contribution in [1.82, 2.24) is 10.2 Å². The summed E-state index contributed by atoms with van der Waals surface area (Å²) in [6.45, 7) is 6.93. The number of carbonyl (C=O) groups is 2. The normalized spacial score (nSPS) is 21.2. The topological polar surface area (TPSA) is 83.5 Å². The third-order valence-electron chi connectivity index (χ3n) is 4.51. The summed E-state index contributed by atoms with van der Waals surface area (Å²) in [4.78, 5) is 33.0. The lowest BCUT2D eigenvalue weighted by Crippen LogP contribution is -2.58. The van der Waals surface area contributed by atoms with Crippen LogP contribution in [0.3, 0.4) is 0 Å². The maximum Gasteiger partial charge on any atom is 0.251 e. The summed E-state index contributed by atoms with van der Waals surface area (Å²) in [6.07, 6.45) is 1.42. The SMILES string of the molecule is CCOc1ccc(N2C(=O)[C@@H](C=NCCN3CCOCC3)C(=O)NC2=S)cc1. The van der Waals surface area contributed by atoms with E-state index in [1.165, 1.54) is 11.1 Å². The molecule has 0 bridgehead atoms. The van der Waals surface area contributed by atoms with Crippen LogP contribution >= 0.6 is 12.2 Å². The van der Waals surface area contributed by atoms with E-state index in [0.717, 1.165) is 32.8 Å². The Kier molecular flexibility index (Phi) is 7.07. The quantitative estimate of drug-likeness (QED) is 0.412. The zero-order chi connectivity index (χ0) is 19.9. The molecule has 1 aromatic rings. The van der Waals surface area contributed by atoms with Gasteiger partial charge in [-0.2, -0.15) is 0 Å². The van der Waals surface area contributed by atoms with E-state index in [4.69, 9.17) is 21.7 Å². The molecule has 2 heterocycles. The van der Waals surface area contributed by atoms with Crippen molar-refractivity contribution >= 4 is 41.0 Å². The Morgan fingerprint density at radius 2 is 2.00 bits per heavy atom. The number of carbonyl (C=O) groups excluding carboxylic acids is 2. The number of hydrogen-bond donors (Lipinski definition) is 1. The number of aliphatic imine (C=N–C) groups is 1. The second-order valence-electron chi connectivity index (χ2n) is 6.38. The number of benzene rings is 1. The van der Waals surface area contributed by atoms with E-state index in [9.17, 15) is 9.59 Å². The van der Waals surface area contributed by atoms with E-state index in [1.54, 1.807) is 24.3 Å². The number of nitrogens with zero attached hydrogens (tertiary/aromatic N) is 3. The number of rotatable bonds is 7. The minimum atomic E-state index is -0.997. The molecule has 1 atom stereocenters. The highest BCUT2D eigenvalue weighted by Gasteiger charge is 2.38. The first kappa shape index (κ1) is 20.4. The van der Waals surface area contributed by atoms with E-state index in [1.807, 2.05) is 6.92 Å². The summed E-state index contributed by atoms with van der Waals surface area (Å²) >= 11 is 5.20. The van der Waals surface area contributed by atoms with Gasteiger partial charge in [-0.3, -0.25) is 24.4 Å². The fourth-order valence-electron chi connectivity index (χ4n) is 3.03. The second kappa shape index (κ2) is 9.72. The van der Waals surface area contributed by atoms with Gasteiger partial charge in [0.2, 0.25) is 5.91 Å². The molecule has 28 heavy (non-hydrogen) atoms. The molecule has 9 heteroatoms. The zero-order valence-corrected chi connectivity index (χ0v) is 16.6. The Bertz CT molecular complexity index is 747. The van der Waals surface area contributed by atoms with Crippen LogP contribution in [-0.2, 0) is 14.3 Å². The van der Waals surface area contributed by atoms with Crippen LogP contribution in [-0.4, -0.2) is 74.0 Å². The maximum atomic E-state index is 12.9. The first-order chi connectivity index (χ1) is 13.6. The number of nitrogens with one attached hydrogen (secondary N) is 1. The Hall–Kier alpha value is -2.36. The Morgan fingerprint density at radius 1 is 1.29 bits per heavy atom. The van der Waals surface area contributed by atoms with Crippen LogP contribution in [0.5, 0.6) is 5.75 Å². The number of morpholine rings is 1.